The summed E-state index contributed by atoms with van der Waals surface area (Å²) in [5.74, 6) is 1.31. The molecule has 9 nitrogen and oxygen atoms in total. The Bertz CT molecular complexity index is 950. The van der Waals surface area contributed by atoms with Crippen LogP contribution in [0.5, 0.6) is 0 Å². The normalized spacial score (nSPS) is 23.2. The number of hydrogen-bond donors (Lipinski definition) is 2. The topological polar surface area (TPSA) is 119 Å². The van der Waals surface area contributed by atoms with Crippen molar-refractivity contribution in [1.29, 1.82) is 0 Å². The van der Waals surface area contributed by atoms with Gasteiger partial charge in [-0.2, -0.15) is 5.10 Å². The molecule has 3 aromatic heterocycles. The van der Waals surface area contributed by atoms with Gasteiger partial charge in [0, 0.05) is 12.6 Å². The van der Waals surface area contributed by atoms with E-state index >= 15 is 0 Å². The lowest BCUT2D eigenvalue weighted by molar-refractivity contribution is -0.0469. The molecule has 9 heteroatoms. The van der Waals surface area contributed by atoms with Crippen LogP contribution in [-0.2, 0) is 4.74 Å². The minimum absolute atomic E-state index is 0.260. The SMILES string of the molecule is CC(C)C=Nc1ncnc2c1c(-c1ccco1)nn2C1CC(O)C(CO)O1. The van der Waals surface area contributed by atoms with Gasteiger partial charge in [0.1, 0.15) is 18.1 Å². The van der Waals surface area contributed by atoms with E-state index in [1.165, 1.54) is 6.33 Å². The number of aliphatic hydroxyl groups excluding tert-OH is 2. The molecule has 1 saturated heterocycles. The first-order valence-electron chi connectivity index (χ1n) is 8.84. The average molecular weight is 371 g/mol. The number of nitrogens with zero attached hydrogens (tertiary/aromatic N) is 5. The average Bonchev–Trinajstić information content (AvgIpc) is 3.37. The molecule has 2 N–H and O–H groups in total. The van der Waals surface area contributed by atoms with Crippen LogP contribution < -0.4 is 0 Å². The van der Waals surface area contributed by atoms with Gasteiger partial charge >= 0.3 is 0 Å². The molecule has 0 bridgehead atoms. The monoisotopic (exact) mass is 371 g/mol. The van der Waals surface area contributed by atoms with E-state index in [0.29, 0.717) is 34.7 Å². The van der Waals surface area contributed by atoms with E-state index < -0.39 is 18.4 Å². The van der Waals surface area contributed by atoms with E-state index in [4.69, 9.17) is 9.15 Å². The Kier molecular flexibility index (Phi) is 4.73. The van der Waals surface area contributed by atoms with Gasteiger partial charge < -0.3 is 19.4 Å². The summed E-state index contributed by atoms with van der Waals surface area (Å²) in [6.07, 6.45) is 3.12. The Morgan fingerprint density at radius 2 is 2.26 bits per heavy atom. The fourth-order valence-corrected chi connectivity index (χ4v) is 3.09. The quantitative estimate of drug-likeness (QED) is 0.659. The highest BCUT2D eigenvalue weighted by atomic mass is 16.5. The lowest BCUT2D eigenvalue weighted by Crippen LogP contribution is -2.24. The number of fused-ring (bicyclic) bond motifs is 1. The van der Waals surface area contributed by atoms with Gasteiger partial charge in [0.05, 0.1) is 24.4 Å². The van der Waals surface area contributed by atoms with Gasteiger partial charge in [-0.1, -0.05) is 13.8 Å². The highest BCUT2D eigenvalue weighted by Crippen LogP contribution is 2.37. The third kappa shape index (κ3) is 3.25. The molecule has 27 heavy (non-hydrogen) atoms. The van der Waals surface area contributed by atoms with Crippen molar-refractivity contribution >= 4 is 23.1 Å². The van der Waals surface area contributed by atoms with E-state index in [1.807, 2.05) is 20.1 Å². The molecule has 0 saturated carbocycles. The summed E-state index contributed by atoms with van der Waals surface area (Å²) < 4.78 is 12.9. The number of ether oxygens (including phenoxy) is 1. The molecule has 4 rings (SSSR count). The second-order valence-corrected chi connectivity index (χ2v) is 6.80. The maximum Gasteiger partial charge on any atom is 0.166 e. The van der Waals surface area contributed by atoms with Gasteiger partial charge in [-0.3, -0.25) is 0 Å². The maximum atomic E-state index is 10.1. The fraction of sp³-hybridized carbons (Fsp3) is 0.444. The third-order valence-corrected chi connectivity index (χ3v) is 4.38. The molecular formula is C18H21N5O4. The summed E-state index contributed by atoms with van der Waals surface area (Å²) in [4.78, 5) is 13.2. The Balaban J connectivity index is 1.88. The van der Waals surface area contributed by atoms with Gasteiger partial charge in [-0.05, 0) is 18.1 Å². The van der Waals surface area contributed by atoms with E-state index in [0.717, 1.165) is 0 Å². The van der Waals surface area contributed by atoms with Crippen LogP contribution in [0.15, 0.2) is 34.1 Å². The number of aliphatic imine (C=N–C) groups is 1. The van der Waals surface area contributed by atoms with Crippen molar-refractivity contribution in [2.24, 2.45) is 10.9 Å². The molecule has 0 amide bonds. The second kappa shape index (κ2) is 7.18. The molecule has 1 aliphatic rings. The van der Waals surface area contributed by atoms with E-state index in [9.17, 15) is 10.2 Å². The highest BCUT2D eigenvalue weighted by molar-refractivity contribution is 5.97. The summed E-state index contributed by atoms with van der Waals surface area (Å²) in [5, 5.41) is 24.7. The molecule has 0 radical (unpaired) electrons. The van der Waals surface area contributed by atoms with Gasteiger partial charge in [0.25, 0.3) is 0 Å². The third-order valence-electron chi connectivity index (χ3n) is 4.38. The van der Waals surface area contributed by atoms with Crippen molar-refractivity contribution in [2.75, 3.05) is 6.61 Å². The van der Waals surface area contributed by atoms with E-state index in [2.05, 4.69) is 20.1 Å². The number of aliphatic hydroxyl groups is 2. The standard InChI is InChI=1S/C18H21N5O4/c1-10(2)7-19-17-15-16(12-4-3-5-26-12)22-23(18(15)21-9-20-17)14-6-11(25)13(8-24)27-14/h3-5,7,9-11,13-14,24-25H,6,8H2,1-2H3. The van der Waals surface area contributed by atoms with Crippen LogP contribution in [0.25, 0.3) is 22.5 Å². The molecule has 3 atom stereocenters. The first-order valence-corrected chi connectivity index (χ1v) is 8.84. The van der Waals surface area contributed by atoms with Crippen molar-refractivity contribution in [1.82, 2.24) is 19.7 Å². The van der Waals surface area contributed by atoms with Gasteiger partial charge in [0.15, 0.2) is 23.5 Å². The first-order chi connectivity index (χ1) is 13.1. The van der Waals surface area contributed by atoms with Gasteiger partial charge in [-0.15, -0.1) is 0 Å². The molecule has 142 valence electrons. The summed E-state index contributed by atoms with van der Waals surface area (Å²) >= 11 is 0. The minimum atomic E-state index is -0.772. The number of rotatable bonds is 5. The van der Waals surface area contributed by atoms with Crippen molar-refractivity contribution in [3.05, 3.63) is 24.7 Å². The zero-order chi connectivity index (χ0) is 19.0. The maximum absolute atomic E-state index is 10.1. The summed E-state index contributed by atoms with van der Waals surface area (Å²) in [5.41, 5.74) is 1.08. The molecule has 4 heterocycles. The Hall–Kier alpha value is -2.62. The Morgan fingerprint density at radius 1 is 1.41 bits per heavy atom. The van der Waals surface area contributed by atoms with Gasteiger partial charge in [0.2, 0.25) is 0 Å². The number of furan rings is 1. The van der Waals surface area contributed by atoms with Crippen LogP contribution in [0.2, 0.25) is 0 Å². The molecule has 1 aliphatic heterocycles. The van der Waals surface area contributed by atoms with Crippen LogP contribution in [0.3, 0.4) is 0 Å². The van der Waals surface area contributed by atoms with E-state index in [1.54, 1.807) is 23.1 Å². The molecule has 3 unspecified atom stereocenters. The Labute approximate surface area is 155 Å². The summed E-state index contributed by atoms with van der Waals surface area (Å²) in [6, 6.07) is 3.58. The Morgan fingerprint density at radius 3 is 2.93 bits per heavy atom. The lowest BCUT2D eigenvalue weighted by Gasteiger charge is -2.12. The van der Waals surface area contributed by atoms with Crippen LogP contribution in [0.1, 0.15) is 26.5 Å². The summed E-state index contributed by atoms with van der Waals surface area (Å²) in [6.45, 7) is 3.80. The van der Waals surface area contributed by atoms with Crippen LogP contribution in [-0.4, -0.2) is 55.0 Å². The number of hydrogen-bond acceptors (Lipinski definition) is 8. The smallest absolute Gasteiger partial charge is 0.166 e. The molecule has 3 aromatic rings. The van der Waals surface area contributed by atoms with E-state index in [-0.39, 0.29) is 12.5 Å². The van der Waals surface area contributed by atoms with Crippen LogP contribution in [0.4, 0.5) is 5.82 Å². The van der Waals surface area contributed by atoms with Crippen molar-refractivity contribution < 1.29 is 19.4 Å². The minimum Gasteiger partial charge on any atom is -0.463 e. The van der Waals surface area contributed by atoms with Crippen molar-refractivity contribution in [3.63, 3.8) is 0 Å². The predicted octanol–water partition coefficient (Wildman–Crippen LogP) is 2.09. The van der Waals surface area contributed by atoms with Crippen molar-refractivity contribution in [2.45, 2.75) is 38.7 Å². The molecule has 0 aliphatic carbocycles. The fourth-order valence-electron chi connectivity index (χ4n) is 3.09. The molecule has 0 spiro atoms. The highest BCUT2D eigenvalue weighted by Gasteiger charge is 2.36. The zero-order valence-corrected chi connectivity index (χ0v) is 15.1. The van der Waals surface area contributed by atoms with Crippen LogP contribution >= 0.6 is 0 Å². The van der Waals surface area contributed by atoms with Crippen LogP contribution in [0, 0.1) is 5.92 Å². The predicted molar refractivity (Wildman–Crippen MR) is 97.6 cm³/mol. The number of aromatic nitrogens is 4. The van der Waals surface area contributed by atoms with Crippen molar-refractivity contribution in [3.8, 4) is 11.5 Å². The molecular weight excluding hydrogens is 350 g/mol. The molecule has 1 fully saturated rings. The second-order valence-electron chi connectivity index (χ2n) is 6.80. The first kappa shape index (κ1) is 17.8. The lowest BCUT2D eigenvalue weighted by atomic mass is 10.2. The van der Waals surface area contributed by atoms with Gasteiger partial charge in [-0.25, -0.2) is 19.6 Å². The molecule has 0 aromatic carbocycles. The summed E-state index contributed by atoms with van der Waals surface area (Å²) in [7, 11) is 0. The largest absolute Gasteiger partial charge is 0.463 e. The zero-order valence-electron chi connectivity index (χ0n) is 15.1.